The number of rotatable bonds is 6. The molecular formula is C20H21ClN2O4S. The summed E-state index contributed by atoms with van der Waals surface area (Å²) in [6.45, 7) is 3.92. The molecule has 0 aliphatic heterocycles. The van der Waals surface area contributed by atoms with Gasteiger partial charge in [-0.3, -0.25) is 9.52 Å². The predicted octanol–water partition coefficient (Wildman–Crippen LogP) is 4.28. The number of nitrogens with one attached hydrogen (secondary N) is 1. The zero-order valence-electron chi connectivity index (χ0n) is 15.8. The smallest absolute Gasteiger partial charge is 0.307 e. The lowest BCUT2D eigenvalue weighted by Gasteiger charge is -2.13. The molecule has 28 heavy (non-hydrogen) atoms. The fourth-order valence-electron chi connectivity index (χ4n) is 3.01. The highest BCUT2D eigenvalue weighted by molar-refractivity contribution is 7.92. The Hall–Kier alpha value is -2.51. The number of fused-ring (bicyclic) bond motifs is 1. The van der Waals surface area contributed by atoms with E-state index in [1.54, 1.807) is 38.1 Å². The maximum atomic E-state index is 12.9. The number of hydrogen-bond acceptors (Lipinski definition) is 4. The highest BCUT2D eigenvalue weighted by Gasteiger charge is 2.19. The summed E-state index contributed by atoms with van der Waals surface area (Å²) < 4.78 is 35.0. The molecule has 8 heteroatoms. The zero-order chi connectivity index (χ0) is 20.5. The summed E-state index contributed by atoms with van der Waals surface area (Å²) in [6.07, 6.45) is 2.10. The molecule has 0 radical (unpaired) electrons. The van der Waals surface area contributed by atoms with Gasteiger partial charge in [0.05, 0.1) is 29.6 Å². The number of aryl methyl sites for hydroxylation is 3. The lowest BCUT2D eigenvalue weighted by Crippen LogP contribution is -2.14. The maximum absolute atomic E-state index is 12.9. The lowest BCUT2D eigenvalue weighted by atomic mass is 10.2. The molecule has 6 nitrogen and oxygen atoms in total. The predicted molar refractivity (Wildman–Crippen MR) is 110 cm³/mol. The van der Waals surface area contributed by atoms with E-state index in [2.05, 4.69) is 9.46 Å². The van der Waals surface area contributed by atoms with Crippen molar-refractivity contribution in [2.45, 2.75) is 31.7 Å². The second kappa shape index (κ2) is 7.85. The summed E-state index contributed by atoms with van der Waals surface area (Å²) in [4.78, 5) is 11.6. The standard InChI is InChI=1S/C20H21ClN2O4S/c1-13-11-19(14(2)10-17(13)21)28(25,26)22-16-5-4-15-6-8-23(18(15)12-16)9-7-20(24)27-3/h4-6,8,10-12,22H,7,9H2,1-3H3. The van der Waals surface area contributed by atoms with Gasteiger partial charge in [-0.25, -0.2) is 8.42 Å². The van der Waals surface area contributed by atoms with Crippen LogP contribution in [0.25, 0.3) is 10.9 Å². The quantitative estimate of drug-likeness (QED) is 0.604. The van der Waals surface area contributed by atoms with Crippen molar-refractivity contribution in [3.63, 3.8) is 0 Å². The molecule has 0 saturated carbocycles. The second-order valence-electron chi connectivity index (χ2n) is 6.58. The second-order valence-corrected chi connectivity index (χ2v) is 8.64. The van der Waals surface area contributed by atoms with Gasteiger partial charge in [0.15, 0.2) is 0 Å². The molecule has 3 rings (SSSR count). The largest absolute Gasteiger partial charge is 0.469 e. The third-order valence-corrected chi connectivity index (χ3v) is 6.49. The van der Waals surface area contributed by atoms with E-state index in [-0.39, 0.29) is 17.3 Å². The van der Waals surface area contributed by atoms with Crippen LogP contribution in [0, 0.1) is 13.8 Å². The Labute approximate surface area is 169 Å². The monoisotopic (exact) mass is 420 g/mol. The fourth-order valence-corrected chi connectivity index (χ4v) is 4.59. The number of esters is 1. The van der Waals surface area contributed by atoms with Crippen LogP contribution in [0.2, 0.25) is 5.02 Å². The molecule has 148 valence electrons. The highest BCUT2D eigenvalue weighted by atomic mass is 35.5. The van der Waals surface area contributed by atoms with E-state index in [9.17, 15) is 13.2 Å². The van der Waals surface area contributed by atoms with Crippen molar-refractivity contribution < 1.29 is 17.9 Å². The molecule has 0 unspecified atom stereocenters. The van der Waals surface area contributed by atoms with Gasteiger partial charge in [-0.1, -0.05) is 17.7 Å². The van der Waals surface area contributed by atoms with Crippen molar-refractivity contribution in [3.8, 4) is 0 Å². The molecule has 0 aliphatic rings. The summed E-state index contributed by atoms with van der Waals surface area (Å²) in [7, 11) is -2.42. The zero-order valence-corrected chi connectivity index (χ0v) is 17.4. The molecule has 1 heterocycles. The number of hydrogen-bond donors (Lipinski definition) is 1. The first-order valence-electron chi connectivity index (χ1n) is 8.66. The number of anilines is 1. The minimum absolute atomic E-state index is 0.190. The molecule has 0 atom stereocenters. The molecule has 0 aliphatic carbocycles. The van der Waals surface area contributed by atoms with Crippen LogP contribution in [0.1, 0.15) is 17.5 Å². The molecule has 1 aromatic heterocycles. The van der Waals surface area contributed by atoms with E-state index >= 15 is 0 Å². The van der Waals surface area contributed by atoms with Crippen LogP contribution < -0.4 is 4.72 Å². The van der Waals surface area contributed by atoms with Gasteiger partial charge >= 0.3 is 5.97 Å². The SMILES string of the molecule is COC(=O)CCn1ccc2ccc(NS(=O)(=O)c3cc(C)c(Cl)cc3C)cc21. The lowest BCUT2D eigenvalue weighted by molar-refractivity contribution is -0.140. The third kappa shape index (κ3) is 4.15. The molecular weight excluding hydrogens is 400 g/mol. The molecule has 0 saturated heterocycles. The Morgan fingerprint density at radius 1 is 1.14 bits per heavy atom. The number of ether oxygens (including phenoxy) is 1. The normalized spacial score (nSPS) is 11.6. The number of methoxy groups -OCH3 is 1. The van der Waals surface area contributed by atoms with Crippen LogP contribution >= 0.6 is 11.6 Å². The molecule has 3 aromatic rings. The van der Waals surface area contributed by atoms with Gasteiger partial charge in [-0.05, 0) is 60.7 Å². The summed E-state index contributed by atoms with van der Waals surface area (Å²) in [5.41, 5.74) is 2.54. The summed E-state index contributed by atoms with van der Waals surface area (Å²) >= 11 is 6.08. The first-order valence-corrected chi connectivity index (χ1v) is 10.5. The van der Waals surface area contributed by atoms with E-state index in [0.717, 1.165) is 10.9 Å². The number of carbonyl (C=O) groups excluding carboxylic acids is 1. The fraction of sp³-hybridized carbons (Fsp3) is 0.250. The van der Waals surface area contributed by atoms with E-state index in [0.29, 0.717) is 28.4 Å². The van der Waals surface area contributed by atoms with Crippen molar-refractivity contribution in [2.75, 3.05) is 11.8 Å². The van der Waals surface area contributed by atoms with Crippen LogP contribution in [-0.2, 0) is 26.1 Å². The van der Waals surface area contributed by atoms with Crippen LogP contribution in [0.4, 0.5) is 5.69 Å². The van der Waals surface area contributed by atoms with Crippen molar-refractivity contribution in [1.82, 2.24) is 4.57 Å². The Kier molecular flexibility index (Phi) is 5.67. The van der Waals surface area contributed by atoms with E-state index < -0.39 is 10.0 Å². The minimum Gasteiger partial charge on any atom is -0.469 e. The Bertz CT molecular complexity index is 1150. The number of nitrogens with zero attached hydrogens (tertiary/aromatic N) is 1. The Morgan fingerprint density at radius 3 is 2.61 bits per heavy atom. The average Bonchev–Trinajstić information content (AvgIpc) is 3.04. The third-order valence-electron chi connectivity index (χ3n) is 4.56. The molecule has 0 spiro atoms. The number of halogens is 1. The first kappa shape index (κ1) is 20.2. The number of aromatic nitrogens is 1. The van der Waals surface area contributed by atoms with Gasteiger partial charge in [-0.15, -0.1) is 0 Å². The number of sulfonamides is 1. The molecule has 1 N–H and O–H groups in total. The van der Waals surface area contributed by atoms with Gasteiger partial charge in [0.2, 0.25) is 0 Å². The summed E-state index contributed by atoms with van der Waals surface area (Å²) in [6, 6.07) is 10.4. The average molecular weight is 421 g/mol. The van der Waals surface area contributed by atoms with Gasteiger partial charge in [0, 0.05) is 17.8 Å². The summed E-state index contributed by atoms with van der Waals surface area (Å²) in [5.74, 6) is -0.299. The van der Waals surface area contributed by atoms with Crippen LogP contribution in [0.5, 0.6) is 0 Å². The number of benzene rings is 2. The van der Waals surface area contributed by atoms with Crippen LogP contribution in [0.3, 0.4) is 0 Å². The van der Waals surface area contributed by atoms with Crippen molar-refractivity contribution in [3.05, 3.63) is 58.7 Å². The summed E-state index contributed by atoms with van der Waals surface area (Å²) in [5, 5.41) is 1.48. The molecule has 2 aromatic carbocycles. The van der Waals surface area contributed by atoms with Gasteiger partial charge in [0.25, 0.3) is 10.0 Å². The molecule has 0 amide bonds. The van der Waals surface area contributed by atoms with Gasteiger partial charge in [0.1, 0.15) is 0 Å². The number of carbonyl (C=O) groups is 1. The van der Waals surface area contributed by atoms with Crippen molar-refractivity contribution in [2.24, 2.45) is 0 Å². The molecule has 0 fully saturated rings. The van der Waals surface area contributed by atoms with Gasteiger partial charge in [-0.2, -0.15) is 0 Å². The van der Waals surface area contributed by atoms with E-state index in [4.69, 9.17) is 11.6 Å². The minimum atomic E-state index is -3.77. The van der Waals surface area contributed by atoms with Crippen LogP contribution in [0.15, 0.2) is 47.5 Å². The van der Waals surface area contributed by atoms with E-state index in [1.165, 1.54) is 7.11 Å². The Morgan fingerprint density at radius 2 is 1.89 bits per heavy atom. The maximum Gasteiger partial charge on any atom is 0.307 e. The Balaban J connectivity index is 1.91. The van der Waals surface area contributed by atoms with Crippen molar-refractivity contribution >= 4 is 44.2 Å². The topological polar surface area (TPSA) is 77.4 Å². The highest BCUT2D eigenvalue weighted by Crippen LogP contribution is 2.27. The molecule has 0 bridgehead atoms. The van der Waals surface area contributed by atoms with Crippen LogP contribution in [-0.4, -0.2) is 26.1 Å². The first-order chi connectivity index (χ1) is 13.2. The van der Waals surface area contributed by atoms with E-state index in [1.807, 2.05) is 22.9 Å². The van der Waals surface area contributed by atoms with Gasteiger partial charge < -0.3 is 9.30 Å². The van der Waals surface area contributed by atoms with Crippen molar-refractivity contribution in [1.29, 1.82) is 0 Å².